The topological polar surface area (TPSA) is 30.5 Å². The Labute approximate surface area is 143 Å². The minimum atomic E-state index is 0.586. The summed E-state index contributed by atoms with van der Waals surface area (Å²) in [5, 5.41) is 5.55. The molecule has 0 aliphatic heterocycles. The molecule has 0 saturated carbocycles. The monoisotopic (exact) mass is 333 g/mol. The third-order valence-corrected chi connectivity index (χ3v) is 4.56. The van der Waals surface area contributed by atoms with Crippen LogP contribution in [0.1, 0.15) is 43.0 Å². The van der Waals surface area contributed by atoms with Crippen molar-refractivity contribution in [3.8, 4) is 11.5 Å². The van der Waals surface area contributed by atoms with Crippen LogP contribution in [-0.2, 0) is 13.2 Å². The summed E-state index contributed by atoms with van der Waals surface area (Å²) < 4.78 is 11.3. The molecule has 0 bridgehead atoms. The first-order chi connectivity index (χ1) is 11.3. The van der Waals surface area contributed by atoms with Crippen LogP contribution < -0.4 is 14.8 Å². The molecule has 2 rings (SSSR count). The Morgan fingerprint density at radius 3 is 2.74 bits per heavy atom. The number of methoxy groups -OCH3 is 1. The maximum Gasteiger partial charge on any atom is 0.161 e. The zero-order chi connectivity index (χ0) is 16.3. The summed E-state index contributed by atoms with van der Waals surface area (Å²) in [6.07, 6.45) is 5.16. The Hall–Kier alpha value is -1.52. The van der Waals surface area contributed by atoms with Gasteiger partial charge in [-0.3, -0.25) is 0 Å². The average Bonchev–Trinajstić information content (AvgIpc) is 3.10. The van der Waals surface area contributed by atoms with Gasteiger partial charge >= 0.3 is 0 Å². The van der Waals surface area contributed by atoms with E-state index in [1.807, 2.05) is 12.1 Å². The molecule has 0 aliphatic rings. The van der Waals surface area contributed by atoms with E-state index in [4.69, 9.17) is 9.47 Å². The lowest BCUT2D eigenvalue weighted by atomic mass is 10.2. The highest BCUT2D eigenvalue weighted by molar-refractivity contribution is 7.09. The quantitative estimate of drug-likeness (QED) is 0.587. The van der Waals surface area contributed by atoms with Gasteiger partial charge in [0.2, 0.25) is 0 Å². The lowest BCUT2D eigenvalue weighted by molar-refractivity contribution is 0.287. The molecule has 0 spiro atoms. The van der Waals surface area contributed by atoms with Gasteiger partial charge in [0.1, 0.15) is 6.61 Å². The Bertz CT molecular complexity index is 555. The number of ether oxygens (including phenoxy) is 2. The van der Waals surface area contributed by atoms with Gasteiger partial charge in [0, 0.05) is 11.4 Å². The highest BCUT2D eigenvalue weighted by atomic mass is 32.1. The summed E-state index contributed by atoms with van der Waals surface area (Å²) >= 11 is 1.70. The number of benzene rings is 1. The summed E-state index contributed by atoms with van der Waals surface area (Å²) in [5.41, 5.74) is 1.22. The van der Waals surface area contributed by atoms with Crippen molar-refractivity contribution in [2.45, 2.75) is 45.8 Å². The van der Waals surface area contributed by atoms with Crippen LogP contribution >= 0.6 is 11.3 Å². The molecule has 3 nitrogen and oxygen atoms in total. The van der Waals surface area contributed by atoms with Crippen LogP contribution in [0.3, 0.4) is 0 Å². The summed E-state index contributed by atoms with van der Waals surface area (Å²) in [5.74, 6) is 1.60. The van der Waals surface area contributed by atoms with E-state index in [0.717, 1.165) is 24.6 Å². The van der Waals surface area contributed by atoms with Gasteiger partial charge in [-0.25, -0.2) is 0 Å². The second-order valence-corrected chi connectivity index (χ2v) is 6.62. The minimum Gasteiger partial charge on any atom is -0.493 e. The summed E-state index contributed by atoms with van der Waals surface area (Å²) in [7, 11) is 1.69. The maximum absolute atomic E-state index is 5.86. The third-order valence-electron chi connectivity index (χ3n) is 3.71. The second-order valence-electron chi connectivity index (χ2n) is 5.59. The first kappa shape index (κ1) is 17.8. The van der Waals surface area contributed by atoms with Crippen molar-refractivity contribution in [1.82, 2.24) is 5.32 Å². The molecule has 0 saturated heterocycles. The highest BCUT2D eigenvalue weighted by Gasteiger charge is 2.06. The number of rotatable bonds is 11. The fourth-order valence-electron chi connectivity index (χ4n) is 2.39. The van der Waals surface area contributed by atoms with E-state index in [-0.39, 0.29) is 0 Å². The Morgan fingerprint density at radius 2 is 2.00 bits per heavy atom. The molecule has 0 fully saturated rings. The lowest BCUT2D eigenvalue weighted by Crippen LogP contribution is -2.14. The van der Waals surface area contributed by atoms with E-state index in [9.17, 15) is 0 Å². The minimum absolute atomic E-state index is 0.586. The molecule has 0 atom stereocenters. The van der Waals surface area contributed by atoms with Crippen molar-refractivity contribution in [3.63, 3.8) is 0 Å². The first-order valence-electron chi connectivity index (χ1n) is 8.36. The molecule has 4 heteroatoms. The number of nitrogens with one attached hydrogen (secondary N) is 1. The summed E-state index contributed by atoms with van der Waals surface area (Å²) in [6, 6.07) is 10.3. The normalized spacial score (nSPS) is 10.7. The first-order valence-corrected chi connectivity index (χ1v) is 9.24. The number of thiophene rings is 1. The van der Waals surface area contributed by atoms with Crippen LogP contribution in [0.2, 0.25) is 0 Å². The van der Waals surface area contributed by atoms with E-state index in [2.05, 4.69) is 35.8 Å². The van der Waals surface area contributed by atoms with Crippen LogP contribution in [0.25, 0.3) is 0 Å². The van der Waals surface area contributed by atoms with Gasteiger partial charge in [-0.15, -0.1) is 11.3 Å². The van der Waals surface area contributed by atoms with Crippen LogP contribution in [-0.4, -0.2) is 13.7 Å². The predicted molar refractivity (Wildman–Crippen MR) is 97.5 cm³/mol. The van der Waals surface area contributed by atoms with Crippen molar-refractivity contribution < 1.29 is 9.47 Å². The fraction of sp³-hybridized carbons (Fsp3) is 0.474. The molecule has 1 aromatic carbocycles. The molecule has 23 heavy (non-hydrogen) atoms. The van der Waals surface area contributed by atoms with Crippen molar-refractivity contribution in [2.24, 2.45) is 0 Å². The third kappa shape index (κ3) is 6.24. The van der Waals surface area contributed by atoms with Gasteiger partial charge in [-0.1, -0.05) is 38.3 Å². The molecule has 0 aliphatic carbocycles. The van der Waals surface area contributed by atoms with Crippen molar-refractivity contribution in [3.05, 3.63) is 46.2 Å². The second kappa shape index (κ2) is 10.3. The van der Waals surface area contributed by atoms with Gasteiger partial charge in [0.15, 0.2) is 11.5 Å². The van der Waals surface area contributed by atoms with Gasteiger partial charge in [-0.05, 0) is 42.1 Å². The van der Waals surface area contributed by atoms with E-state index in [0.29, 0.717) is 6.61 Å². The SMILES string of the molecule is CCCCCCNCc1ccc(OCc2cccs2)c(OC)c1. The van der Waals surface area contributed by atoms with Gasteiger partial charge in [0.05, 0.1) is 7.11 Å². The van der Waals surface area contributed by atoms with Crippen LogP contribution in [0, 0.1) is 0 Å². The van der Waals surface area contributed by atoms with Crippen LogP contribution in [0.5, 0.6) is 11.5 Å². The van der Waals surface area contributed by atoms with E-state index in [1.54, 1.807) is 18.4 Å². The number of hydrogen-bond acceptors (Lipinski definition) is 4. The molecule has 1 aromatic heterocycles. The molecule has 0 unspecified atom stereocenters. The number of hydrogen-bond donors (Lipinski definition) is 1. The zero-order valence-corrected chi connectivity index (χ0v) is 15.0. The van der Waals surface area contributed by atoms with Gasteiger partial charge in [-0.2, -0.15) is 0 Å². The van der Waals surface area contributed by atoms with Gasteiger partial charge in [0.25, 0.3) is 0 Å². The standard InChI is InChI=1S/C19H27NO2S/c1-3-4-5-6-11-20-14-16-9-10-18(19(13-16)21-2)22-15-17-8-7-12-23-17/h7-10,12-13,20H,3-6,11,14-15H2,1-2H3. The highest BCUT2D eigenvalue weighted by Crippen LogP contribution is 2.29. The fourth-order valence-corrected chi connectivity index (χ4v) is 3.01. The van der Waals surface area contributed by atoms with Crippen LogP contribution in [0.15, 0.2) is 35.7 Å². The summed E-state index contributed by atoms with van der Waals surface area (Å²) in [6.45, 7) is 4.76. The Balaban J connectivity index is 1.81. The Kier molecular flexibility index (Phi) is 7.98. The number of unbranched alkanes of at least 4 members (excludes halogenated alkanes) is 3. The molecule has 2 aromatic rings. The van der Waals surface area contributed by atoms with Crippen molar-refractivity contribution in [1.29, 1.82) is 0 Å². The average molecular weight is 333 g/mol. The lowest BCUT2D eigenvalue weighted by Gasteiger charge is -2.12. The smallest absolute Gasteiger partial charge is 0.161 e. The van der Waals surface area contributed by atoms with Crippen molar-refractivity contribution >= 4 is 11.3 Å². The van der Waals surface area contributed by atoms with Gasteiger partial charge < -0.3 is 14.8 Å². The zero-order valence-electron chi connectivity index (χ0n) is 14.1. The summed E-state index contributed by atoms with van der Waals surface area (Å²) in [4.78, 5) is 1.21. The Morgan fingerprint density at radius 1 is 1.09 bits per heavy atom. The molecular formula is C19H27NO2S. The maximum atomic E-state index is 5.86. The van der Waals surface area contributed by atoms with E-state index >= 15 is 0 Å². The molecule has 126 valence electrons. The predicted octanol–water partition coefficient (Wildman–Crippen LogP) is 5.01. The largest absolute Gasteiger partial charge is 0.493 e. The van der Waals surface area contributed by atoms with Crippen LogP contribution in [0.4, 0.5) is 0 Å². The molecule has 0 amide bonds. The van der Waals surface area contributed by atoms with Crippen molar-refractivity contribution in [2.75, 3.05) is 13.7 Å². The molecule has 0 radical (unpaired) electrons. The molecule has 1 N–H and O–H groups in total. The molecule has 1 heterocycles. The van der Waals surface area contributed by atoms with E-state index in [1.165, 1.54) is 36.1 Å². The van der Waals surface area contributed by atoms with E-state index < -0.39 is 0 Å². The molecular weight excluding hydrogens is 306 g/mol.